The van der Waals surface area contributed by atoms with Crippen molar-refractivity contribution >= 4 is 34.5 Å². The molecule has 0 heterocycles. The predicted molar refractivity (Wildman–Crippen MR) is 48.6 cm³/mol. The fraction of sp³-hybridized carbons (Fsp3) is 0.857. The number of rotatable bonds is 6. The van der Waals surface area contributed by atoms with E-state index in [2.05, 4.69) is 6.92 Å². The number of carbonyl (C=O) groups is 1. The molecule has 0 N–H and O–H groups in total. The van der Waals surface area contributed by atoms with Gasteiger partial charge in [-0.3, -0.25) is 0 Å². The molecular formula is C7H13O2SSn. The summed E-state index contributed by atoms with van der Waals surface area (Å²) in [5.41, 5.74) is 0. The second-order valence-electron chi connectivity index (χ2n) is 2.22. The van der Waals surface area contributed by atoms with Gasteiger partial charge in [0, 0.05) is 0 Å². The molecule has 0 aliphatic heterocycles. The summed E-state index contributed by atoms with van der Waals surface area (Å²) in [6, 6.07) is 0. The van der Waals surface area contributed by atoms with E-state index in [1.807, 2.05) is 0 Å². The van der Waals surface area contributed by atoms with Crippen molar-refractivity contribution in [1.29, 1.82) is 0 Å². The molecule has 0 rings (SSSR count). The predicted octanol–water partition coefficient (Wildman–Crippen LogP) is 1.95. The molecule has 0 unspecified atom stereocenters. The van der Waals surface area contributed by atoms with Gasteiger partial charge in [-0.25, -0.2) is 0 Å². The van der Waals surface area contributed by atoms with E-state index in [4.69, 9.17) is 14.0 Å². The zero-order valence-corrected chi connectivity index (χ0v) is 10.4. The minimum atomic E-state index is -0.602. The molecule has 0 aromatic rings. The molecule has 0 saturated carbocycles. The Hall–Kier alpha value is 0.489. The van der Waals surface area contributed by atoms with Gasteiger partial charge in [-0.15, -0.1) is 0 Å². The van der Waals surface area contributed by atoms with E-state index in [0.717, 1.165) is 17.3 Å². The zero-order valence-electron chi connectivity index (χ0n) is 6.76. The first-order valence-corrected chi connectivity index (χ1v) is 9.74. The first kappa shape index (κ1) is 11.5. The third kappa shape index (κ3) is 8.39. The van der Waals surface area contributed by atoms with Crippen molar-refractivity contribution in [2.75, 3.05) is 6.61 Å². The van der Waals surface area contributed by atoms with Gasteiger partial charge >= 0.3 is 81.2 Å². The quantitative estimate of drug-likeness (QED) is 0.422. The maximum absolute atomic E-state index is 10.8. The third-order valence-electron chi connectivity index (χ3n) is 1.19. The van der Waals surface area contributed by atoms with Crippen LogP contribution in [0.25, 0.3) is 0 Å². The van der Waals surface area contributed by atoms with Crippen LogP contribution in [0.5, 0.6) is 0 Å². The standard InChI is InChI=1S/C7H13O2.S.Sn/c1-3-5-6-9-7(8)4-2;;/h2-6H2,1H3;;. The maximum atomic E-state index is 10.8. The van der Waals surface area contributed by atoms with Crippen LogP contribution in [-0.2, 0) is 9.53 Å². The summed E-state index contributed by atoms with van der Waals surface area (Å²) in [6.45, 7) is 2.66. The number of unbranched alkanes of at least 4 members (excludes halogenated alkanes) is 1. The minimum absolute atomic E-state index is 0.0656. The van der Waals surface area contributed by atoms with Crippen LogP contribution in [0.15, 0.2) is 0 Å². The van der Waals surface area contributed by atoms with Crippen LogP contribution in [0.2, 0.25) is 4.44 Å². The second kappa shape index (κ2) is 8.58. The Morgan fingerprint density at radius 3 is 2.91 bits per heavy atom. The second-order valence-corrected chi connectivity index (χ2v) is 6.41. The van der Waals surface area contributed by atoms with E-state index in [-0.39, 0.29) is 5.97 Å². The van der Waals surface area contributed by atoms with Crippen LogP contribution in [0, 0.1) is 0 Å². The number of esters is 1. The normalized spacial score (nSPS) is 9.18. The van der Waals surface area contributed by atoms with Gasteiger partial charge in [0.25, 0.3) is 0 Å². The molecule has 0 bridgehead atoms. The molecule has 0 fully saturated rings. The Kier molecular flexibility index (Phi) is 8.97. The average Bonchev–Trinajstić information content (AvgIpc) is 2.01. The van der Waals surface area contributed by atoms with Gasteiger partial charge in [0.15, 0.2) is 0 Å². The fourth-order valence-corrected chi connectivity index (χ4v) is 2.11. The first-order valence-electron chi connectivity index (χ1n) is 3.82. The molecule has 2 nitrogen and oxygen atoms in total. The average molecular weight is 280 g/mol. The van der Waals surface area contributed by atoms with Gasteiger partial charge in [-0.1, -0.05) is 0 Å². The van der Waals surface area contributed by atoms with Crippen LogP contribution in [0.4, 0.5) is 0 Å². The summed E-state index contributed by atoms with van der Waals surface area (Å²) in [4.78, 5) is 10.8. The SMILES string of the molecule is CCCCOC(=O)C[CH2][Sn]=[S]. The van der Waals surface area contributed by atoms with Crippen molar-refractivity contribution in [1.82, 2.24) is 0 Å². The number of hydrogen-bond donors (Lipinski definition) is 0. The van der Waals surface area contributed by atoms with Gasteiger partial charge in [0.2, 0.25) is 0 Å². The Balaban J connectivity index is 3.15. The first-order chi connectivity index (χ1) is 5.31. The van der Waals surface area contributed by atoms with E-state index in [0.29, 0.717) is 13.0 Å². The molecule has 0 saturated heterocycles. The Morgan fingerprint density at radius 2 is 2.36 bits per heavy atom. The summed E-state index contributed by atoms with van der Waals surface area (Å²) in [5.74, 6) is -0.0656. The van der Waals surface area contributed by atoms with E-state index in [9.17, 15) is 4.79 Å². The molecule has 0 aliphatic rings. The van der Waals surface area contributed by atoms with Crippen molar-refractivity contribution in [3.8, 4) is 0 Å². The van der Waals surface area contributed by atoms with E-state index >= 15 is 0 Å². The Morgan fingerprint density at radius 1 is 1.64 bits per heavy atom. The summed E-state index contributed by atoms with van der Waals surface area (Å²) in [5, 5.41) is 0. The summed E-state index contributed by atoms with van der Waals surface area (Å²) < 4.78 is 5.86. The summed E-state index contributed by atoms with van der Waals surface area (Å²) >= 11 is -0.602. The molecule has 0 atom stereocenters. The Bertz CT molecular complexity index is 128. The fourth-order valence-electron chi connectivity index (χ4n) is 0.556. The van der Waals surface area contributed by atoms with E-state index < -0.39 is 19.2 Å². The van der Waals surface area contributed by atoms with Crippen molar-refractivity contribution in [3.05, 3.63) is 0 Å². The monoisotopic (exact) mass is 281 g/mol. The van der Waals surface area contributed by atoms with Crippen LogP contribution >= 0.6 is 9.29 Å². The van der Waals surface area contributed by atoms with Crippen LogP contribution in [-0.4, -0.2) is 31.8 Å². The molecule has 11 heavy (non-hydrogen) atoms. The van der Waals surface area contributed by atoms with Crippen LogP contribution in [0.1, 0.15) is 26.2 Å². The third-order valence-corrected chi connectivity index (χ3v) is 3.86. The topological polar surface area (TPSA) is 26.3 Å². The van der Waals surface area contributed by atoms with Gasteiger partial charge in [-0.05, 0) is 0 Å². The molecule has 4 heteroatoms. The van der Waals surface area contributed by atoms with Gasteiger partial charge in [0.05, 0.1) is 0 Å². The molecule has 0 amide bonds. The summed E-state index contributed by atoms with van der Waals surface area (Å²) in [6.07, 6.45) is 2.60. The molecule has 0 aliphatic carbocycles. The molecule has 63 valence electrons. The van der Waals surface area contributed by atoms with Crippen molar-refractivity contribution < 1.29 is 9.53 Å². The molecule has 1 radical (unpaired) electrons. The van der Waals surface area contributed by atoms with Crippen molar-refractivity contribution in [3.63, 3.8) is 0 Å². The number of ether oxygens (including phenoxy) is 1. The van der Waals surface area contributed by atoms with Gasteiger partial charge in [-0.2, -0.15) is 0 Å². The summed E-state index contributed by atoms with van der Waals surface area (Å²) in [7, 11) is 4.87. The number of carbonyl (C=O) groups excluding carboxylic acids is 1. The molecule has 0 aromatic heterocycles. The number of hydrogen-bond acceptors (Lipinski definition) is 3. The van der Waals surface area contributed by atoms with Crippen molar-refractivity contribution in [2.24, 2.45) is 0 Å². The Labute approximate surface area is 81.1 Å². The molecule has 0 spiro atoms. The van der Waals surface area contributed by atoms with Gasteiger partial charge < -0.3 is 0 Å². The van der Waals surface area contributed by atoms with E-state index in [1.165, 1.54) is 0 Å². The molecular weight excluding hydrogens is 267 g/mol. The van der Waals surface area contributed by atoms with Crippen LogP contribution < -0.4 is 0 Å². The van der Waals surface area contributed by atoms with Crippen molar-refractivity contribution in [2.45, 2.75) is 30.6 Å². The molecule has 0 aromatic carbocycles. The van der Waals surface area contributed by atoms with Crippen LogP contribution in [0.3, 0.4) is 0 Å². The van der Waals surface area contributed by atoms with Gasteiger partial charge in [0.1, 0.15) is 0 Å². The van der Waals surface area contributed by atoms with E-state index in [1.54, 1.807) is 0 Å². The zero-order chi connectivity index (χ0) is 8.53.